The fourth-order valence-corrected chi connectivity index (χ4v) is 2.49. The number of amides is 1. The van der Waals surface area contributed by atoms with Crippen molar-refractivity contribution in [3.63, 3.8) is 0 Å². The molecule has 2 aromatic heterocycles. The third-order valence-electron chi connectivity index (χ3n) is 3.27. The molecular weight excluding hydrogens is 322 g/mol. The maximum atomic E-state index is 10.8. The van der Waals surface area contributed by atoms with Crippen molar-refractivity contribution in [1.82, 2.24) is 15.0 Å². The van der Waals surface area contributed by atoms with Gasteiger partial charge in [0.1, 0.15) is 6.61 Å². The smallest absolute Gasteiger partial charge is 0.411 e. The zero-order chi connectivity index (χ0) is 18.4. The second-order valence-electron chi connectivity index (χ2n) is 6.59. The summed E-state index contributed by atoms with van der Waals surface area (Å²) in [4.78, 5) is 23.2. The molecular formula is C17H23N5O3. The summed E-state index contributed by atoms with van der Waals surface area (Å²) in [7, 11) is 0. The Labute approximate surface area is 146 Å². The van der Waals surface area contributed by atoms with Crippen LogP contribution in [0.3, 0.4) is 0 Å². The van der Waals surface area contributed by atoms with E-state index in [0.717, 1.165) is 6.42 Å². The van der Waals surface area contributed by atoms with Crippen molar-refractivity contribution >= 4 is 6.09 Å². The average Bonchev–Trinajstić information content (AvgIpc) is 2.52. The number of nitrogens with zero attached hydrogens (tertiary/aromatic N) is 3. The van der Waals surface area contributed by atoms with Crippen LogP contribution in [0, 0.1) is 5.92 Å². The molecule has 134 valence electrons. The number of primary amides is 1. The molecule has 8 nitrogen and oxygen atoms in total. The van der Waals surface area contributed by atoms with Crippen LogP contribution < -0.4 is 20.9 Å². The van der Waals surface area contributed by atoms with Crippen LogP contribution in [0.1, 0.15) is 27.2 Å². The van der Waals surface area contributed by atoms with Crippen molar-refractivity contribution in [2.45, 2.75) is 32.7 Å². The van der Waals surface area contributed by atoms with Gasteiger partial charge in [-0.25, -0.2) is 19.7 Å². The Kier molecular flexibility index (Phi) is 5.87. The minimum absolute atomic E-state index is 0.0847. The third kappa shape index (κ3) is 6.00. The summed E-state index contributed by atoms with van der Waals surface area (Å²) in [5.74, 6) is 1.55. The maximum absolute atomic E-state index is 10.8. The predicted octanol–water partition coefficient (Wildman–Crippen LogP) is 2.14. The number of nitrogens with two attached hydrogens (primary N) is 2. The van der Waals surface area contributed by atoms with Crippen LogP contribution in [0.25, 0.3) is 11.4 Å². The van der Waals surface area contributed by atoms with Crippen molar-refractivity contribution in [2.75, 3.05) is 6.61 Å². The molecule has 0 bridgehead atoms. The van der Waals surface area contributed by atoms with Crippen molar-refractivity contribution in [2.24, 2.45) is 17.4 Å². The number of ether oxygens (including phenoxy) is 2. The molecule has 0 saturated carbocycles. The molecule has 1 atom stereocenters. The first-order valence-electron chi connectivity index (χ1n) is 7.92. The van der Waals surface area contributed by atoms with Gasteiger partial charge in [0.05, 0.1) is 12.4 Å². The number of carbonyl (C=O) groups is 1. The summed E-state index contributed by atoms with van der Waals surface area (Å²) >= 11 is 0. The zero-order valence-electron chi connectivity index (χ0n) is 14.6. The summed E-state index contributed by atoms with van der Waals surface area (Å²) < 4.78 is 10.4. The van der Waals surface area contributed by atoms with E-state index in [1.165, 1.54) is 12.3 Å². The highest BCUT2D eigenvalue weighted by Gasteiger charge is 2.21. The van der Waals surface area contributed by atoms with Gasteiger partial charge in [-0.15, -0.1) is 0 Å². The van der Waals surface area contributed by atoms with Gasteiger partial charge in [0.25, 0.3) is 0 Å². The van der Waals surface area contributed by atoms with Crippen molar-refractivity contribution in [3.05, 3.63) is 30.7 Å². The van der Waals surface area contributed by atoms with E-state index in [1.54, 1.807) is 18.5 Å². The highest BCUT2D eigenvalue weighted by atomic mass is 16.6. The second-order valence-corrected chi connectivity index (χ2v) is 6.59. The summed E-state index contributed by atoms with van der Waals surface area (Å²) in [6, 6.07) is 3.23. The predicted molar refractivity (Wildman–Crippen MR) is 93.0 cm³/mol. The third-order valence-corrected chi connectivity index (χ3v) is 3.27. The van der Waals surface area contributed by atoms with Crippen LogP contribution in [0.15, 0.2) is 30.7 Å². The quantitative estimate of drug-likeness (QED) is 0.787. The minimum atomic E-state index is -0.930. The first-order chi connectivity index (χ1) is 11.7. The number of pyridine rings is 1. The summed E-state index contributed by atoms with van der Waals surface area (Å²) in [5.41, 5.74) is 11.4. The average molecular weight is 345 g/mol. The van der Waals surface area contributed by atoms with E-state index in [2.05, 4.69) is 28.8 Å². The maximum Gasteiger partial charge on any atom is 0.411 e. The monoisotopic (exact) mass is 345 g/mol. The van der Waals surface area contributed by atoms with Crippen molar-refractivity contribution in [1.29, 1.82) is 0 Å². The number of rotatable bonds is 7. The van der Waals surface area contributed by atoms with Gasteiger partial charge in [0.15, 0.2) is 11.6 Å². The number of aromatic nitrogens is 3. The molecule has 0 radical (unpaired) electrons. The molecule has 0 saturated heterocycles. The Morgan fingerprint density at radius 1 is 1.28 bits per heavy atom. The molecule has 25 heavy (non-hydrogen) atoms. The highest BCUT2D eigenvalue weighted by molar-refractivity contribution is 5.68. The van der Waals surface area contributed by atoms with Gasteiger partial charge in [0, 0.05) is 23.4 Å². The zero-order valence-corrected chi connectivity index (χ0v) is 14.6. The highest BCUT2D eigenvalue weighted by Crippen LogP contribution is 2.21. The van der Waals surface area contributed by atoms with E-state index in [9.17, 15) is 4.79 Å². The molecule has 1 amide bonds. The number of hydrogen-bond donors (Lipinski definition) is 2. The molecule has 0 fully saturated rings. The van der Waals surface area contributed by atoms with Gasteiger partial charge in [-0.2, -0.15) is 0 Å². The lowest BCUT2D eigenvalue weighted by Crippen LogP contribution is -2.43. The summed E-state index contributed by atoms with van der Waals surface area (Å²) in [6.45, 7) is 6.57. The van der Waals surface area contributed by atoms with Crippen molar-refractivity contribution in [3.8, 4) is 23.0 Å². The first-order valence-corrected chi connectivity index (χ1v) is 7.92. The summed E-state index contributed by atoms with van der Waals surface area (Å²) in [6.07, 6.45) is 4.55. The van der Waals surface area contributed by atoms with Crippen LogP contribution in [-0.4, -0.2) is 33.2 Å². The molecule has 0 unspecified atom stereocenters. The van der Waals surface area contributed by atoms with Crippen LogP contribution in [0.5, 0.6) is 11.6 Å². The molecule has 2 aromatic rings. The molecule has 0 aliphatic rings. The Balaban J connectivity index is 2.03. The van der Waals surface area contributed by atoms with E-state index >= 15 is 0 Å². The van der Waals surface area contributed by atoms with Crippen molar-refractivity contribution < 1.29 is 14.3 Å². The summed E-state index contributed by atoms with van der Waals surface area (Å²) in [5, 5.41) is 0. The lowest BCUT2D eigenvalue weighted by molar-refractivity contribution is 0.205. The number of hydrogen-bond acceptors (Lipinski definition) is 7. The Morgan fingerprint density at radius 3 is 2.56 bits per heavy atom. The molecule has 2 rings (SSSR count). The molecule has 4 N–H and O–H groups in total. The van der Waals surface area contributed by atoms with Gasteiger partial charge in [-0.3, -0.25) is 0 Å². The van der Waals surface area contributed by atoms with Gasteiger partial charge in [-0.1, -0.05) is 13.8 Å². The van der Waals surface area contributed by atoms with Crippen LogP contribution in [-0.2, 0) is 0 Å². The topological polar surface area (TPSA) is 126 Å². The largest absolute Gasteiger partial charge is 0.488 e. The standard InChI is InChI=1S/C17H23N5O3/c1-11(2)7-17(3,19)10-24-13-8-21-15(22-9-13)12-4-5-20-14(6-12)25-16(18)23/h4-6,8-9,11H,7,10,19H2,1-3H3,(H2,18,23)/t17-/m0/s1. The van der Waals surface area contributed by atoms with Crippen LogP contribution >= 0.6 is 0 Å². The SMILES string of the molecule is CC(C)C[C@](C)(N)COc1cnc(-c2ccnc(OC(N)=O)c2)nc1. The van der Waals surface area contributed by atoms with E-state index in [-0.39, 0.29) is 5.88 Å². The van der Waals surface area contributed by atoms with E-state index in [1.807, 2.05) is 6.92 Å². The first kappa shape index (κ1) is 18.6. The van der Waals surface area contributed by atoms with Crippen LogP contribution in [0.2, 0.25) is 0 Å². The second kappa shape index (κ2) is 7.89. The van der Waals surface area contributed by atoms with Gasteiger partial charge in [0.2, 0.25) is 5.88 Å². The van der Waals surface area contributed by atoms with E-state index in [4.69, 9.17) is 20.9 Å². The molecule has 0 aliphatic carbocycles. The minimum Gasteiger partial charge on any atom is -0.488 e. The fraction of sp³-hybridized carbons (Fsp3) is 0.412. The molecule has 2 heterocycles. The lowest BCUT2D eigenvalue weighted by Gasteiger charge is -2.26. The van der Waals surface area contributed by atoms with Crippen LogP contribution in [0.4, 0.5) is 4.79 Å². The molecule has 8 heteroatoms. The normalized spacial score (nSPS) is 13.3. The fourth-order valence-electron chi connectivity index (χ4n) is 2.49. The van der Waals surface area contributed by atoms with Gasteiger partial charge >= 0.3 is 6.09 Å². The Hall–Kier alpha value is -2.74. The Bertz CT molecular complexity index is 716. The lowest BCUT2D eigenvalue weighted by atomic mass is 9.93. The molecule has 0 spiro atoms. The van der Waals surface area contributed by atoms with Gasteiger partial charge < -0.3 is 20.9 Å². The van der Waals surface area contributed by atoms with E-state index < -0.39 is 11.6 Å². The van der Waals surface area contributed by atoms with E-state index in [0.29, 0.717) is 29.7 Å². The molecule has 0 aliphatic heterocycles. The van der Waals surface area contributed by atoms with Gasteiger partial charge in [-0.05, 0) is 25.3 Å². The molecule has 0 aromatic carbocycles. The number of carbonyl (C=O) groups excluding carboxylic acids is 1. The Morgan fingerprint density at radius 2 is 1.96 bits per heavy atom.